The average Bonchev–Trinajstić information content (AvgIpc) is 2.88. The largest absolute Gasteiger partial charge is 0.481 e. The van der Waals surface area contributed by atoms with Gasteiger partial charge in [0.05, 0.1) is 19.1 Å². The zero-order valence-corrected chi connectivity index (χ0v) is 12.9. The monoisotopic (exact) mass is 284 g/mol. The van der Waals surface area contributed by atoms with Crippen molar-refractivity contribution in [3.05, 3.63) is 0 Å². The zero-order valence-electron chi connectivity index (χ0n) is 12.9. The van der Waals surface area contributed by atoms with E-state index in [4.69, 9.17) is 4.74 Å². The molecule has 4 unspecified atom stereocenters. The summed E-state index contributed by atoms with van der Waals surface area (Å²) in [5, 5.41) is 9.38. The van der Waals surface area contributed by atoms with Gasteiger partial charge in [-0.15, -0.1) is 0 Å². The Balaban J connectivity index is 2.08. The van der Waals surface area contributed by atoms with E-state index in [2.05, 4.69) is 30.7 Å². The van der Waals surface area contributed by atoms with E-state index in [0.717, 1.165) is 32.4 Å². The minimum atomic E-state index is -0.713. The first kappa shape index (κ1) is 15.7. The average molecular weight is 284 g/mol. The third-order valence-corrected chi connectivity index (χ3v) is 4.93. The number of carbonyl (C=O) groups is 1. The summed E-state index contributed by atoms with van der Waals surface area (Å²) >= 11 is 0. The number of piperidine rings is 1. The molecule has 0 amide bonds. The van der Waals surface area contributed by atoms with E-state index >= 15 is 0 Å². The number of ether oxygens (including phenoxy) is 1. The van der Waals surface area contributed by atoms with Crippen molar-refractivity contribution in [2.45, 2.75) is 51.2 Å². The van der Waals surface area contributed by atoms with Crippen LogP contribution in [0.4, 0.5) is 0 Å². The van der Waals surface area contributed by atoms with Gasteiger partial charge in [0.15, 0.2) is 0 Å². The van der Waals surface area contributed by atoms with Gasteiger partial charge in [-0.3, -0.25) is 9.69 Å². The van der Waals surface area contributed by atoms with Crippen molar-refractivity contribution in [2.75, 3.05) is 33.4 Å². The maximum atomic E-state index is 11.4. The zero-order chi connectivity index (χ0) is 14.7. The predicted octanol–water partition coefficient (Wildman–Crippen LogP) is 1.28. The molecule has 116 valence electrons. The Kier molecular flexibility index (Phi) is 5.41. The number of hydrogen-bond donors (Lipinski definition) is 1. The summed E-state index contributed by atoms with van der Waals surface area (Å²) in [7, 11) is 2.17. The molecule has 0 saturated carbocycles. The van der Waals surface area contributed by atoms with Crippen LogP contribution in [-0.2, 0) is 9.53 Å². The Morgan fingerprint density at radius 1 is 1.45 bits per heavy atom. The summed E-state index contributed by atoms with van der Waals surface area (Å²) in [6, 6.07) is 1.11. The Morgan fingerprint density at radius 2 is 2.20 bits per heavy atom. The minimum absolute atomic E-state index is 0.0491. The molecule has 0 aromatic heterocycles. The number of carboxylic acid groups (broad SMARTS) is 1. The molecule has 0 aromatic rings. The molecule has 2 rings (SSSR count). The highest BCUT2D eigenvalue weighted by Crippen LogP contribution is 2.28. The van der Waals surface area contributed by atoms with Crippen LogP contribution < -0.4 is 0 Å². The maximum absolute atomic E-state index is 11.4. The smallest absolute Gasteiger partial charge is 0.310 e. The molecule has 0 aliphatic carbocycles. The van der Waals surface area contributed by atoms with Crippen LogP contribution in [0.25, 0.3) is 0 Å². The summed E-state index contributed by atoms with van der Waals surface area (Å²) < 4.78 is 5.46. The lowest BCUT2D eigenvalue weighted by Gasteiger charge is -2.43. The first-order valence-electron chi connectivity index (χ1n) is 7.81. The molecule has 0 spiro atoms. The van der Waals surface area contributed by atoms with Gasteiger partial charge >= 0.3 is 5.97 Å². The van der Waals surface area contributed by atoms with Gasteiger partial charge < -0.3 is 14.7 Å². The number of nitrogens with zero attached hydrogens (tertiary/aromatic N) is 2. The van der Waals surface area contributed by atoms with Crippen LogP contribution in [-0.4, -0.2) is 72.4 Å². The van der Waals surface area contributed by atoms with E-state index in [1.807, 2.05) is 0 Å². The van der Waals surface area contributed by atoms with Crippen LogP contribution in [0.1, 0.15) is 33.1 Å². The Labute approximate surface area is 121 Å². The highest BCUT2D eigenvalue weighted by molar-refractivity contribution is 5.71. The third kappa shape index (κ3) is 3.32. The van der Waals surface area contributed by atoms with Gasteiger partial charge in [-0.05, 0) is 46.3 Å². The second kappa shape index (κ2) is 6.87. The highest BCUT2D eigenvalue weighted by atomic mass is 16.5. The van der Waals surface area contributed by atoms with Gasteiger partial charge in [0.1, 0.15) is 0 Å². The SMILES string of the molecule is CCCN(C1CCN(C)C(C)C1)C1COCC1C(=O)O. The van der Waals surface area contributed by atoms with Crippen molar-refractivity contribution >= 4 is 5.97 Å². The molecule has 2 aliphatic heterocycles. The number of rotatable bonds is 5. The van der Waals surface area contributed by atoms with Gasteiger partial charge in [-0.25, -0.2) is 0 Å². The topological polar surface area (TPSA) is 53.0 Å². The van der Waals surface area contributed by atoms with Crippen LogP contribution in [0.2, 0.25) is 0 Å². The number of carboxylic acids is 1. The predicted molar refractivity (Wildman–Crippen MR) is 77.8 cm³/mol. The summed E-state index contributed by atoms with van der Waals surface area (Å²) in [6.07, 6.45) is 3.31. The second-order valence-corrected chi connectivity index (χ2v) is 6.30. The molecule has 0 bridgehead atoms. The first-order chi connectivity index (χ1) is 9.54. The molecule has 2 saturated heterocycles. The molecule has 4 atom stereocenters. The lowest BCUT2D eigenvalue weighted by atomic mass is 9.93. The summed E-state index contributed by atoms with van der Waals surface area (Å²) in [4.78, 5) is 16.2. The van der Waals surface area contributed by atoms with Gasteiger partial charge in [0.2, 0.25) is 0 Å². The van der Waals surface area contributed by atoms with Crippen molar-refractivity contribution in [1.29, 1.82) is 0 Å². The van der Waals surface area contributed by atoms with Crippen molar-refractivity contribution < 1.29 is 14.6 Å². The highest BCUT2D eigenvalue weighted by Gasteiger charge is 2.41. The normalized spacial score (nSPS) is 35.6. The van der Waals surface area contributed by atoms with Crippen LogP contribution in [0.3, 0.4) is 0 Å². The third-order valence-electron chi connectivity index (χ3n) is 4.93. The fourth-order valence-electron chi connectivity index (χ4n) is 3.55. The number of hydrogen-bond acceptors (Lipinski definition) is 4. The van der Waals surface area contributed by atoms with Gasteiger partial charge in [-0.2, -0.15) is 0 Å². The molecule has 2 heterocycles. The molecular weight excluding hydrogens is 256 g/mol. The fraction of sp³-hybridized carbons (Fsp3) is 0.933. The van der Waals surface area contributed by atoms with Crippen LogP contribution in [0.5, 0.6) is 0 Å². The number of likely N-dealkylation sites (tertiary alicyclic amines) is 1. The molecular formula is C15H28N2O3. The summed E-state index contributed by atoms with van der Waals surface area (Å²) in [6.45, 7) is 7.42. The maximum Gasteiger partial charge on any atom is 0.310 e. The van der Waals surface area contributed by atoms with E-state index in [1.54, 1.807) is 0 Å². The van der Waals surface area contributed by atoms with Crippen molar-refractivity contribution in [2.24, 2.45) is 5.92 Å². The minimum Gasteiger partial charge on any atom is -0.481 e. The van der Waals surface area contributed by atoms with E-state index < -0.39 is 5.97 Å². The quantitative estimate of drug-likeness (QED) is 0.824. The first-order valence-corrected chi connectivity index (χ1v) is 7.81. The van der Waals surface area contributed by atoms with E-state index in [1.165, 1.54) is 0 Å². The molecule has 20 heavy (non-hydrogen) atoms. The summed E-state index contributed by atoms with van der Waals surface area (Å²) in [5.74, 6) is -1.08. The molecule has 2 aliphatic rings. The molecule has 0 radical (unpaired) electrons. The van der Waals surface area contributed by atoms with E-state index in [-0.39, 0.29) is 12.0 Å². The Hall–Kier alpha value is -0.650. The fourth-order valence-corrected chi connectivity index (χ4v) is 3.55. The Morgan fingerprint density at radius 3 is 2.80 bits per heavy atom. The molecule has 0 aromatic carbocycles. The van der Waals surface area contributed by atoms with Crippen LogP contribution in [0.15, 0.2) is 0 Å². The standard InChI is InChI=1S/C15H28N2O3/c1-4-6-17(12-5-7-16(3)11(2)8-12)14-10-20-9-13(14)15(18)19/h11-14H,4-10H2,1-3H3,(H,18,19). The van der Waals surface area contributed by atoms with E-state index in [0.29, 0.717) is 25.3 Å². The van der Waals surface area contributed by atoms with Gasteiger partial charge in [-0.1, -0.05) is 6.92 Å². The van der Waals surface area contributed by atoms with Crippen LogP contribution in [0, 0.1) is 5.92 Å². The second-order valence-electron chi connectivity index (χ2n) is 6.30. The van der Waals surface area contributed by atoms with E-state index in [9.17, 15) is 9.90 Å². The Bertz CT molecular complexity index is 337. The lowest BCUT2D eigenvalue weighted by molar-refractivity contribution is -0.143. The molecule has 1 N–H and O–H groups in total. The summed E-state index contributed by atoms with van der Waals surface area (Å²) in [5.41, 5.74) is 0. The van der Waals surface area contributed by atoms with Crippen molar-refractivity contribution in [3.8, 4) is 0 Å². The number of aliphatic carboxylic acids is 1. The van der Waals surface area contributed by atoms with Gasteiger partial charge in [0.25, 0.3) is 0 Å². The van der Waals surface area contributed by atoms with Crippen molar-refractivity contribution in [3.63, 3.8) is 0 Å². The molecule has 5 nitrogen and oxygen atoms in total. The molecule has 5 heteroatoms. The van der Waals surface area contributed by atoms with Crippen molar-refractivity contribution in [1.82, 2.24) is 9.80 Å². The van der Waals surface area contributed by atoms with Crippen LogP contribution >= 0.6 is 0 Å². The molecule has 2 fully saturated rings. The lowest BCUT2D eigenvalue weighted by Crippen LogP contribution is -2.54. The van der Waals surface area contributed by atoms with Gasteiger partial charge in [0, 0.05) is 18.1 Å².